The predicted octanol–water partition coefficient (Wildman–Crippen LogP) is 1.99. The molecule has 0 saturated carbocycles. The Balaban J connectivity index is 2.05. The molecule has 2 heterocycles. The summed E-state index contributed by atoms with van der Waals surface area (Å²) in [6, 6.07) is 12.2. The largest absolute Gasteiger partial charge is 0.461 e. The molecule has 19 heavy (non-hydrogen) atoms. The molecule has 3 rings (SSSR count). The van der Waals surface area contributed by atoms with Crippen LogP contribution < -0.4 is 5.56 Å². The summed E-state index contributed by atoms with van der Waals surface area (Å²) in [6.45, 7) is 0. The standard InChI is InChI=1S/C14H10N2O3/c17-13(12-7-4-8-19-12)11-9-15-16(14(11)18)10-5-2-1-3-6-10/h1-9,15H. The Morgan fingerprint density at radius 3 is 2.58 bits per heavy atom. The van der Waals surface area contributed by atoms with Crippen LogP contribution in [0.2, 0.25) is 0 Å². The monoisotopic (exact) mass is 254 g/mol. The maximum atomic E-state index is 12.2. The lowest BCUT2D eigenvalue weighted by atomic mass is 10.2. The average molecular weight is 254 g/mol. The van der Waals surface area contributed by atoms with Crippen LogP contribution >= 0.6 is 0 Å². The normalized spacial score (nSPS) is 10.5. The minimum Gasteiger partial charge on any atom is -0.461 e. The minimum atomic E-state index is -0.430. The Morgan fingerprint density at radius 1 is 1.11 bits per heavy atom. The van der Waals surface area contributed by atoms with E-state index in [2.05, 4.69) is 5.10 Å². The van der Waals surface area contributed by atoms with Gasteiger partial charge in [-0.15, -0.1) is 0 Å². The van der Waals surface area contributed by atoms with Gasteiger partial charge >= 0.3 is 0 Å². The van der Waals surface area contributed by atoms with Crippen LogP contribution in [0.1, 0.15) is 16.1 Å². The van der Waals surface area contributed by atoms with E-state index in [1.54, 1.807) is 18.2 Å². The van der Waals surface area contributed by atoms with Gasteiger partial charge in [-0.25, -0.2) is 4.68 Å². The molecular formula is C14H10N2O3. The molecule has 0 radical (unpaired) electrons. The molecule has 0 aliphatic carbocycles. The van der Waals surface area contributed by atoms with E-state index in [1.165, 1.54) is 23.2 Å². The summed E-state index contributed by atoms with van der Waals surface area (Å²) in [5.74, 6) is -0.280. The molecule has 0 unspecified atom stereocenters. The lowest BCUT2D eigenvalue weighted by Crippen LogP contribution is -2.20. The first kappa shape index (κ1) is 11.3. The number of carbonyl (C=O) groups excluding carboxylic acids is 1. The van der Waals surface area contributed by atoms with E-state index in [9.17, 15) is 9.59 Å². The Labute approximate surface area is 108 Å². The van der Waals surface area contributed by atoms with Gasteiger partial charge in [0.05, 0.1) is 12.0 Å². The molecule has 2 aromatic heterocycles. The number of hydrogen-bond donors (Lipinski definition) is 1. The highest BCUT2D eigenvalue weighted by Gasteiger charge is 2.18. The van der Waals surface area contributed by atoms with E-state index in [1.807, 2.05) is 18.2 Å². The van der Waals surface area contributed by atoms with E-state index in [0.717, 1.165) is 0 Å². The smallest absolute Gasteiger partial charge is 0.282 e. The van der Waals surface area contributed by atoms with Gasteiger partial charge in [0.15, 0.2) is 5.76 Å². The Kier molecular flexibility index (Phi) is 2.64. The predicted molar refractivity (Wildman–Crippen MR) is 68.5 cm³/mol. The van der Waals surface area contributed by atoms with E-state index in [4.69, 9.17) is 4.42 Å². The molecule has 0 atom stereocenters. The number of furan rings is 1. The van der Waals surface area contributed by atoms with Crippen molar-refractivity contribution in [2.45, 2.75) is 0 Å². The number of para-hydroxylation sites is 1. The van der Waals surface area contributed by atoms with E-state index >= 15 is 0 Å². The second kappa shape index (κ2) is 4.45. The van der Waals surface area contributed by atoms with Crippen molar-refractivity contribution < 1.29 is 9.21 Å². The van der Waals surface area contributed by atoms with Gasteiger partial charge < -0.3 is 4.42 Å². The molecular weight excluding hydrogens is 244 g/mol. The third-order valence-corrected chi connectivity index (χ3v) is 2.78. The third kappa shape index (κ3) is 1.91. The van der Waals surface area contributed by atoms with Gasteiger partial charge in [0.1, 0.15) is 5.56 Å². The Hall–Kier alpha value is -2.82. The Morgan fingerprint density at radius 2 is 1.89 bits per heavy atom. The summed E-state index contributed by atoms with van der Waals surface area (Å²) < 4.78 is 6.32. The number of carbonyl (C=O) groups is 1. The maximum absolute atomic E-state index is 12.2. The van der Waals surface area contributed by atoms with Gasteiger partial charge in [-0.2, -0.15) is 0 Å². The number of aromatic amines is 1. The molecule has 5 heteroatoms. The summed E-state index contributed by atoms with van der Waals surface area (Å²) in [4.78, 5) is 24.2. The summed E-state index contributed by atoms with van der Waals surface area (Å²) in [6.07, 6.45) is 2.79. The third-order valence-electron chi connectivity index (χ3n) is 2.78. The highest BCUT2D eigenvalue weighted by atomic mass is 16.3. The summed E-state index contributed by atoms with van der Waals surface area (Å²) >= 11 is 0. The molecule has 3 aromatic rings. The van der Waals surface area contributed by atoms with Crippen molar-refractivity contribution in [3.63, 3.8) is 0 Å². The topological polar surface area (TPSA) is 68.0 Å². The number of rotatable bonds is 3. The van der Waals surface area contributed by atoms with Crippen molar-refractivity contribution in [1.82, 2.24) is 9.78 Å². The molecule has 1 N–H and O–H groups in total. The quantitative estimate of drug-likeness (QED) is 0.727. The van der Waals surface area contributed by atoms with Crippen molar-refractivity contribution in [3.8, 4) is 5.69 Å². The fraction of sp³-hybridized carbons (Fsp3) is 0. The zero-order valence-corrected chi connectivity index (χ0v) is 9.87. The molecule has 0 aliphatic rings. The first-order valence-electron chi connectivity index (χ1n) is 5.71. The second-order valence-corrected chi connectivity index (χ2v) is 3.97. The van der Waals surface area contributed by atoms with Crippen molar-refractivity contribution in [2.75, 3.05) is 0 Å². The first-order chi connectivity index (χ1) is 9.27. The molecule has 0 amide bonds. The molecule has 0 saturated heterocycles. The number of nitrogens with zero attached hydrogens (tertiary/aromatic N) is 1. The Bertz CT molecular complexity index is 752. The van der Waals surface area contributed by atoms with E-state index < -0.39 is 11.3 Å². The van der Waals surface area contributed by atoms with Crippen molar-refractivity contribution in [2.24, 2.45) is 0 Å². The first-order valence-corrected chi connectivity index (χ1v) is 5.71. The lowest BCUT2D eigenvalue weighted by molar-refractivity contribution is 0.101. The molecule has 0 bridgehead atoms. The molecule has 5 nitrogen and oxygen atoms in total. The fourth-order valence-electron chi connectivity index (χ4n) is 1.84. The van der Waals surface area contributed by atoms with Gasteiger partial charge in [0.2, 0.25) is 5.78 Å². The highest BCUT2D eigenvalue weighted by molar-refractivity contribution is 6.06. The fourth-order valence-corrected chi connectivity index (χ4v) is 1.84. The van der Waals surface area contributed by atoms with Crippen molar-refractivity contribution >= 4 is 5.78 Å². The van der Waals surface area contributed by atoms with Crippen LogP contribution in [0.3, 0.4) is 0 Å². The molecule has 1 aromatic carbocycles. The number of nitrogens with one attached hydrogen (secondary N) is 1. The minimum absolute atomic E-state index is 0.0544. The van der Waals surface area contributed by atoms with E-state index in [-0.39, 0.29) is 11.3 Å². The van der Waals surface area contributed by atoms with E-state index in [0.29, 0.717) is 5.69 Å². The summed E-state index contributed by atoms with van der Waals surface area (Å²) in [5, 5.41) is 2.77. The maximum Gasteiger partial charge on any atom is 0.282 e. The summed E-state index contributed by atoms with van der Waals surface area (Å²) in [7, 11) is 0. The van der Waals surface area contributed by atoms with Crippen LogP contribution in [-0.4, -0.2) is 15.6 Å². The van der Waals surface area contributed by atoms with Gasteiger partial charge in [0, 0.05) is 6.20 Å². The molecule has 0 aliphatic heterocycles. The highest BCUT2D eigenvalue weighted by Crippen LogP contribution is 2.08. The molecule has 0 spiro atoms. The van der Waals surface area contributed by atoms with Crippen LogP contribution in [-0.2, 0) is 0 Å². The number of H-pyrrole nitrogens is 1. The lowest BCUT2D eigenvalue weighted by Gasteiger charge is -1.99. The SMILES string of the molecule is O=C(c1ccco1)c1c[nH]n(-c2ccccc2)c1=O. The van der Waals surface area contributed by atoms with Gasteiger partial charge in [-0.3, -0.25) is 14.7 Å². The molecule has 0 fully saturated rings. The van der Waals surface area contributed by atoms with Crippen LogP contribution in [0.25, 0.3) is 5.69 Å². The van der Waals surface area contributed by atoms with Gasteiger partial charge in [-0.05, 0) is 24.3 Å². The number of ketones is 1. The van der Waals surface area contributed by atoms with Crippen molar-refractivity contribution in [1.29, 1.82) is 0 Å². The number of benzene rings is 1. The molecule has 94 valence electrons. The van der Waals surface area contributed by atoms with Crippen LogP contribution in [0, 0.1) is 0 Å². The van der Waals surface area contributed by atoms with Gasteiger partial charge in [-0.1, -0.05) is 18.2 Å². The van der Waals surface area contributed by atoms with Crippen LogP contribution in [0.4, 0.5) is 0 Å². The number of hydrogen-bond acceptors (Lipinski definition) is 3. The summed E-state index contributed by atoms with van der Waals surface area (Å²) in [5.41, 5.74) is 0.331. The van der Waals surface area contributed by atoms with Crippen LogP contribution in [0.5, 0.6) is 0 Å². The van der Waals surface area contributed by atoms with Crippen LogP contribution in [0.15, 0.2) is 64.1 Å². The zero-order valence-electron chi connectivity index (χ0n) is 9.87. The van der Waals surface area contributed by atoms with Crippen molar-refractivity contribution in [3.05, 3.63) is 76.6 Å². The number of aromatic nitrogens is 2. The zero-order chi connectivity index (χ0) is 13.2. The second-order valence-electron chi connectivity index (χ2n) is 3.97. The van der Waals surface area contributed by atoms with Gasteiger partial charge in [0.25, 0.3) is 5.56 Å². The average Bonchev–Trinajstić information content (AvgIpc) is 3.08.